The zero-order valence-corrected chi connectivity index (χ0v) is 22.1. The Morgan fingerprint density at radius 2 is 0.650 bits per heavy atom. The van der Waals surface area contributed by atoms with Crippen LogP contribution in [0.3, 0.4) is 0 Å². The summed E-state index contributed by atoms with van der Waals surface area (Å²) in [6.07, 6.45) is 3.50. The maximum atomic E-state index is 13.5. The Hall–Kier alpha value is -4.19. The third-order valence-corrected chi connectivity index (χ3v) is 6.82. The summed E-state index contributed by atoms with van der Waals surface area (Å²) in [6, 6.07) is 24.5. The number of hydrogen-bond donors (Lipinski definition) is 2. The fourth-order valence-electron chi connectivity index (χ4n) is 4.78. The summed E-state index contributed by atoms with van der Waals surface area (Å²) in [7, 11) is 1.26. The van der Waals surface area contributed by atoms with E-state index in [2.05, 4.69) is 0 Å². The number of rotatable bonds is 11. The van der Waals surface area contributed by atoms with Gasteiger partial charge in [-0.25, -0.2) is 17.6 Å². The third-order valence-electron chi connectivity index (χ3n) is 6.82. The lowest BCUT2D eigenvalue weighted by Crippen LogP contribution is -2.12. The van der Waals surface area contributed by atoms with Crippen LogP contribution in [0.15, 0.2) is 108 Å². The van der Waals surface area contributed by atoms with Gasteiger partial charge in [0.1, 0.15) is 23.3 Å². The largest absolute Gasteiger partial charge is 0.409 e. The lowest BCUT2D eigenvalue weighted by Gasteiger charge is -2.14. The fourth-order valence-corrected chi connectivity index (χ4v) is 4.78. The van der Waals surface area contributed by atoms with Crippen LogP contribution in [0.1, 0.15) is 35.1 Å². The maximum Gasteiger partial charge on any atom is 0.179 e. The van der Waals surface area contributed by atoms with Crippen LogP contribution >= 0.6 is 0 Å². The zero-order chi connectivity index (χ0) is 28.5. The summed E-state index contributed by atoms with van der Waals surface area (Å²) >= 11 is 0. The summed E-state index contributed by atoms with van der Waals surface area (Å²) in [5, 5.41) is 0. The van der Waals surface area contributed by atoms with Gasteiger partial charge in [0, 0.05) is 0 Å². The molecule has 0 unspecified atom stereocenters. The van der Waals surface area contributed by atoms with Crippen molar-refractivity contribution in [2.24, 2.45) is 11.5 Å². The molecule has 0 aromatic heterocycles. The molecule has 4 N–H and O–H groups in total. The van der Waals surface area contributed by atoms with Crippen LogP contribution in [0.4, 0.5) is 17.6 Å². The summed E-state index contributed by atoms with van der Waals surface area (Å²) in [6.45, 7) is 0. The van der Waals surface area contributed by atoms with Crippen molar-refractivity contribution in [3.8, 4) is 0 Å². The van der Waals surface area contributed by atoms with Crippen molar-refractivity contribution in [1.29, 1.82) is 0 Å². The van der Waals surface area contributed by atoms with Gasteiger partial charge >= 0.3 is 0 Å². The monoisotopic (exact) mass is 540 g/mol. The molecule has 0 aliphatic heterocycles. The average Bonchev–Trinajstić information content (AvgIpc) is 2.95. The Labute approximate surface area is 233 Å². The fraction of sp³-hybridized carbons (Fsp3) is 0.125. The average molecular weight is 540 g/mol. The van der Waals surface area contributed by atoms with Gasteiger partial charge in [-0.15, -0.1) is 0 Å². The molecule has 0 aliphatic carbocycles. The molecule has 0 heterocycles. The molecule has 4 aromatic rings. The van der Waals surface area contributed by atoms with E-state index in [-0.39, 0.29) is 23.3 Å². The predicted octanol–water partition coefficient (Wildman–Crippen LogP) is 6.78. The lowest BCUT2D eigenvalue weighted by molar-refractivity contribution is 0.627. The van der Waals surface area contributed by atoms with Crippen molar-refractivity contribution in [1.82, 2.24) is 0 Å². The number of unbranched alkanes of at least 4 members (excludes halogenated alkanes) is 1. The van der Waals surface area contributed by atoms with Crippen LogP contribution < -0.4 is 11.5 Å². The molecule has 0 saturated carbocycles. The van der Waals surface area contributed by atoms with Crippen molar-refractivity contribution in [3.63, 3.8) is 0 Å². The molecule has 0 aliphatic rings. The van der Waals surface area contributed by atoms with Gasteiger partial charge in [0.2, 0.25) is 0 Å². The van der Waals surface area contributed by atoms with Gasteiger partial charge in [0.25, 0.3) is 0 Å². The first-order chi connectivity index (χ1) is 19.3. The van der Waals surface area contributed by atoms with E-state index < -0.39 is 0 Å². The summed E-state index contributed by atoms with van der Waals surface area (Å²) in [5.41, 5.74) is 19.0. The van der Waals surface area contributed by atoms with Gasteiger partial charge in [-0.05, 0) is 93.1 Å². The first kappa shape index (κ1) is 28.8. The van der Waals surface area contributed by atoms with E-state index in [1.54, 1.807) is 48.5 Å². The molecule has 0 radical (unpaired) electrons. The van der Waals surface area contributed by atoms with E-state index in [0.29, 0.717) is 25.8 Å². The molecule has 0 atom stereocenters. The van der Waals surface area contributed by atoms with Crippen LogP contribution in [-0.4, -0.2) is 14.6 Å². The first-order valence-electron chi connectivity index (χ1n) is 13.3. The van der Waals surface area contributed by atoms with Crippen LogP contribution in [-0.2, 0) is 0 Å². The third kappa shape index (κ3) is 7.69. The van der Waals surface area contributed by atoms with E-state index in [1.807, 2.05) is 0 Å². The normalized spacial score (nSPS) is 10.6. The zero-order valence-electron chi connectivity index (χ0n) is 22.1. The predicted molar refractivity (Wildman–Crippen MR) is 159 cm³/mol. The van der Waals surface area contributed by atoms with Gasteiger partial charge in [0.05, 0.1) is 0 Å². The Morgan fingerprint density at radius 1 is 0.425 bits per heavy atom. The summed E-state index contributed by atoms with van der Waals surface area (Å²) < 4.78 is 54.1. The van der Waals surface area contributed by atoms with Crippen LogP contribution in [0.5, 0.6) is 0 Å². The minimum Gasteiger partial charge on any atom is -0.409 e. The van der Waals surface area contributed by atoms with Gasteiger partial charge in [-0.2, -0.15) is 0 Å². The molecule has 4 rings (SSSR count). The van der Waals surface area contributed by atoms with E-state index in [9.17, 15) is 17.6 Å². The molecule has 0 spiro atoms. The number of benzene rings is 4. The minimum atomic E-state index is -0.337. The Bertz CT molecular complexity index is 1260. The van der Waals surface area contributed by atoms with Gasteiger partial charge < -0.3 is 11.5 Å². The SMILES string of the molecule is NC(BCCCCBC(N)=C(c1ccc(F)cc1)c1ccc(F)cc1)=C(c1ccc(F)cc1)c1ccc(F)cc1. The van der Waals surface area contributed by atoms with Gasteiger partial charge in [0.15, 0.2) is 14.6 Å². The maximum absolute atomic E-state index is 13.5. The molecule has 2 nitrogen and oxygen atoms in total. The van der Waals surface area contributed by atoms with Crippen molar-refractivity contribution in [2.45, 2.75) is 25.5 Å². The molecular formula is C32H30B2F4N2. The highest BCUT2D eigenvalue weighted by molar-refractivity contribution is 6.48. The van der Waals surface area contributed by atoms with Crippen LogP contribution in [0, 0.1) is 23.3 Å². The molecule has 202 valence electrons. The molecule has 0 bridgehead atoms. The van der Waals surface area contributed by atoms with Crippen molar-refractivity contribution < 1.29 is 17.6 Å². The molecule has 8 heteroatoms. The molecular weight excluding hydrogens is 510 g/mol. The number of halogens is 4. The molecule has 0 saturated heterocycles. The molecule has 40 heavy (non-hydrogen) atoms. The van der Waals surface area contributed by atoms with E-state index in [1.165, 1.54) is 48.5 Å². The Balaban J connectivity index is 1.41. The molecule has 0 amide bonds. The van der Waals surface area contributed by atoms with Crippen molar-refractivity contribution >= 4 is 25.7 Å². The van der Waals surface area contributed by atoms with Gasteiger partial charge in [-0.1, -0.05) is 74.0 Å². The number of hydrogen-bond acceptors (Lipinski definition) is 2. The van der Waals surface area contributed by atoms with E-state index in [4.69, 9.17) is 11.5 Å². The second-order valence-electron chi connectivity index (χ2n) is 9.74. The van der Waals surface area contributed by atoms with E-state index in [0.717, 1.165) is 58.9 Å². The van der Waals surface area contributed by atoms with Gasteiger partial charge in [-0.3, -0.25) is 0 Å². The highest BCUT2D eigenvalue weighted by atomic mass is 19.1. The Morgan fingerprint density at radius 3 is 0.875 bits per heavy atom. The topological polar surface area (TPSA) is 52.0 Å². The van der Waals surface area contributed by atoms with Crippen molar-refractivity contribution in [3.05, 3.63) is 154 Å². The smallest absolute Gasteiger partial charge is 0.179 e. The number of nitrogens with two attached hydrogens (primary N) is 2. The highest BCUT2D eigenvalue weighted by Gasteiger charge is 2.13. The van der Waals surface area contributed by atoms with Crippen molar-refractivity contribution in [2.75, 3.05) is 0 Å². The second-order valence-corrected chi connectivity index (χ2v) is 9.74. The second kappa shape index (κ2) is 13.7. The standard InChI is InChI=1S/C32H30B2F4N2/c35-25-11-3-21(4-12-25)29(22-5-13-26(36)14-6-22)31(39)33-19-1-2-20-34-32(40)30(23-7-15-27(37)16-8-23)24-9-17-28(38)18-10-24/h3-18,33-34H,1-2,19-20,39-40H2. The van der Waals surface area contributed by atoms with Crippen LogP contribution in [0.25, 0.3) is 11.1 Å². The lowest BCUT2D eigenvalue weighted by atomic mass is 9.63. The van der Waals surface area contributed by atoms with Crippen LogP contribution in [0.2, 0.25) is 12.6 Å². The first-order valence-corrected chi connectivity index (χ1v) is 13.3. The summed E-state index contributed by atoms with van der Waals surface area (Å²) in [5.74, 6) is -1.35. The van der Waals surface area contributed by atoms with E-state index >= 15 is 0 Å². The quantitative estimate of drug-likeness (QED) is 0.125. The molecule has 0 fully saturated rings. The minimum absolute atomic E-state index is 0.337. The molecule has 4 aromatic carbocycles. The summed E-state index contributed by atoms with van der Waals surface area (Å²) in [4.78, 5) is 0. The highest BCUT2D eigenvalue weighted by Crippen LogP contribution is 2.28. The Kier molecular flexibility index (Phi) is 9.90.